The van der Waals surface area contributed by atoms with Crippen molar-refractivity contribution in [3.05, 3.63) is 42.0 Å². The molecule has 0 spiro atoms. The minimum Gasteiger partial charge on any atom is -0.481 e. The predicted octanol–water partition coefficient (Wildman–Crippen LogP) is 3.64. The van der Waals surface area contributed by atoms with E-state index in [1.807, 2.05) is 31.2 Å². The molecule has 0 heterocycles. The summed E-state index contributed by atoms with van der Waals surface area (Å²) in [6, 6.07) is 7.89. The number of methoxy groups -OCH3 is 1. The van der Waals surface area contributed by atoms with E-state index >= 15 is 0 Å². The summed E-state index contributed by atoms with van der Waals surface area (Å²) in [4.78, 5) is 11.0. The molecule has 0 aromatic heterocycles. The van der Waals surface area contributed by atoms with Crippen LogP contribution in [0.15, 0.2) is 30.8 Å². The van der Waals surface area contributed by atoms with E-state index in [9.17, 15) is 4.79 Å². The van der Waals surface area contributed by atoms with E-state index in [2.05, 4.69) is 11.3 Å². The Balaban J connectivity index is 0.000000982. The van der Waals surface area contributed by atoms with Gasteiger partial charge < -0.3 is 9.84 Å². The number of rotatable bonds is 4. The van der Waals surface area contributed by atoms with E-state index in [1.165, 1.54) is 0 Å². The summed E-state index contributed by atoms with van der Waals surface area (Å²) < 4.78 is 4.25. The highest BCUT2D eigenvalue weighted by Gasteiger charge is 2.27. The number of carboxylic acids is 1. The van der Waals surface area contributed by atoms with Crippen LogP contribution >= 0.6 is 0 Å². The van der Waals surface area contributed by atoms with Crippen LogP contribution in [0, 0.1) is 5.41 Å². The van der Waals surface area contributed by atoms with Crippen molar-refractivity contribution in [2.45, 2.75) is 27.2 Å². The summed E-state index contributed by atoms with van der Waals surface area (Å²) in [6.45, 7) is 9.31. The SMILES string of the molecule is C=C(C)c1cccc(CC(C)(C)C(=O)O)c1.COC. The Morgan fingerprint density at radius 1 is 1.37 bits per heavy atom. The molecule has 3 heteroatoms. The van der Waals surface area contributed by atoms with Crippen molar-refractivity contribution in [3.63, 3.8) is 0 Å². The molecule has 0 radical (unpaired) electrons. The van der Waals surface area contributed by atoms with Gasteiger partial charge in [-0.1, -0.05) is 36.4 Å². The van der Waals surface area contributed by atoms with Crippen LogP contribution in [-0.4, -0.2) is 25.3 Å². The van der Waals surface area contributed by atoms with Crippen molar-refractivity contribution < 1.29 is 14.6 Å². The van der Waals surface area contributed by atoms with Crippen molar-refractivity contribution in [2.75, 3.05) is 14.2 Å². The highest BCUT2D eigenvalue weighted by atomic mass is 16.4. The van der Waals surface area contributed by atoms with Crippen LogP contribution in [0.3, 0.4) is 0 Å². The summed E-state index contributed by atoms with van der Waals surface area (Å²) in [6.07, 6.45) is 0.531. The first-order valence-electron chi connectivity index (χ1n) is 6.13. The van der Waals surface area contributed by atoms with Crippen LogP contribution in [-0.2, 0) is 16.0 Å². The maximum absolute atomic E-state index is 11.0. The van der Waals surface area contributed by atoms with E-state index in [4.69, 9.17) is 5.11 Å². The van der Waals surface area contributed by atoms with Gasteiger partial charge in [-0.2, -0.15) is 0 Å². The summed E-state index contributed by atoms with van der Waals surface area (Å²) in [5, 5.41) is 9.06. The van der Waals surface area contributed by atoms with Gasteiger partial charge in [-0.15, -0.1) is 0 Å². The fourth-order valence-electron chi connectivity index (χ4n) is 1.53. The molecule has 3 nitrogen and oxygen atoms in total. The van der Waals surface area contributed by atoms with Crippen molar-refractivity contribution in [1.29, 1.82) is 0 Å². The van der Waals surface area contributed by atoms with Gasteiger partial charge >= 0.3 is 5.97 Å². The maximum Gasteiger partial charge on any atom is 0.309 e. The molecule has 0 saturated heterocycles. The molecule has 1 rings (SSSR count). The summed E-state index contributed by atoms with van der Waals surface area (Å²) in [5.41, 5.74) is 2.37. The van der Waals surface area contributed by atoms with Gasteiger partial charge in [0.1, 0.15) is 0 Å². The monoisotopic (exact) mass is 264 g/mol. The standard InChI is InChI=1S/C14H18O2.C2H6O/c1-10(2)12-7-5-6-11(8-12)9-14(3,4)13(15)16;1-3-2/h5-8H,1,9H2,2-4H3,(H,15,16);1-2H3. The average molecular weight is 264 g/mol. The molecule has 0 aliphatic heterocycles. The zero-order chi connectivity index (χ0) is 15.1. The number of benzene rings is 1. The number of ether oxygens (including phenoxy) is 1. The molecule has 1 N–H and O–H groups in total. The van der Waals surface area contributed by atoms with Gasteiger partial charge in [-0.3, -0.25) is 4.79 Å². The smallest absolute Gasteiger partial charge is 0.309 e. The molecule has 0 bridgehead atoms. The van der Waals surface area contributed by atoms with E-state index in [0.29, 0.717) is 6.42 Å². The third-order valence-electron chi connectivity index (χ3n) is 2.64. The fraction of sp³-hybridized carbons (Fsp3) is 0.438. The zero-order valence-electron chi connectivity index (χ0n) is 12.5. The molecule has 0 amide bonds. The van der Waals surface area contributed by atoms with Gasteiger partial charge in [-0.05, 0) is 38.3 Å². The highest BCUT2D eigenvalue weighted by Crippen LogP contribution is 2.23. The Hall–Kier alpha value is -1.61. The maximum atomic E-state index is 11.0. The largest absolute Gasteiger partial charge is 0.481 e. The number of hydrogen-bond acceptors (Lipinski definition) is 2. The van der Waals surface area contributed by atoms with Crippen LogP contribution in [0.5, 0.6) is 0 Å². The summed E-state index contributed by atoms with van der Waals surface area (Å²) in [7, 11) is 3.25. The lowest BCUT2D eigenvalue weighted by Gasteiger charge is -2.19. The highest BCUT2D eigenvalue weighted by molar-refractivity contribution is 5.74. The minimum absolute atomic E-state index is 0.531. The lowest BCUT2D eigenvalue weighted by Crippen LogP contribution is -2.26. The first kappa shape index (κ1) is 17.4. The minimum atomic E-state index is -0.770. The van der Waals surface area contributed by atoms with Crippen LogP contribution in [0.25, 0.3) is 5.57 Å². The molecule has 0 atom stereocenters. The van der Waals surface area contributed by atoms with Crippen LogP contribution in [0.4, 0.5) is 0 Å². The zero-order valence-corrected chi connectivity index (χ0v) is 12.5. The summed E-state index contributed by atoms with van der Waals surface area (Å²) in [5.74, 6) is -0.770. The van der Waals surface area contributed by atoms with Crippen molar-refractivity contribution in [2.24, 2.45) is 5.41 Å². The molecule has 19 heavy (non-hydrogen) atoms. The van der Waals surface area contributed by atoms with Gasteiger partial charge in [0.15, 0.2) is 0 Å². The quantitative estimate of drug-likeness (QED) is 0.903. The molecule has 0 saturated carbocycles. The number of allylic oxidation sites excluding steroid dienone is 1. The molecule has 1 aromatic carbocycles. The average Bonchev–Trinajstić information content (AvgIpc) is 2.29. The van der Waals surface area contributed by atoms with E-state index < -0.39 is 11.4 Å². The van der Waals surface area contributed by atoms with Gasteiger partial charge in [0.2, 0.25) is 0 Å². The molecule has 0 fully saturated rings. The Kier molecular flexibility index (Phi) is 7.09. The molecule has 0 aliphatic carbocycles. The first-order chi connectivity index (χ1) is 8.74. The van der Waals surface area contributed by atoms with Crippen LogP contribution in [0.1, 0.15) is 31.9 Å². The van der Waals surface area contributed by atoms with E-state index in [-0.39, 0.29) is 0 Å². The van der Waals surface area contributed by atoms with Crippen molar-refractivity contribution in [1.82, 2.24) is 0 Å². The normalized spacial score (nSPS) is 10.4. The Labute approximate surface area is 115 Å². The third kappa shape index (κ3) is 6.20. The Morgan fingerprint density at radius 3 is 2.32 bits per heavy atom. The van der Waals surface area contributed by atoms with Gasteiger partial charge in [0.25, 0.3) is 0 Å². The third-order valence-corrected chi connectivity index (χ3v) is 2.64. The lowest BCUT2D eigenvalue weighted by molar-refractivity contribution is -0.146. The van der Waals surface area contributed by atoms with Gasteiger partial charge in [0.05, 0.1) is 5.41 Å². The molecule has 106 valence electrons. The van der Waals surface area contributed by atoms with Gasteiger partial charge in [-0.25, -0.2) is 0 Å². The first-order valence-corrected chi connectivity index (χ1v) is 6.13. The molecule has 1 aromatic rings. The Bertz CT molecular complexity index is 433. The second kappa shape index (κ2) is 7.74. The van der Waals surface area contributed by atoms with Crippen molar-refractivity contribution in [3.8, 4) is 0 Å². The second-order valence-corrected chi connectivity index (χ2v) is 5.25. The van der Waals surface area contributed by atoms with E-state index in [0.717, 1.165) is 16.7 Å². The predicted molar refractivity (Wildman–Crippen MR) is 79.2 cm³/mol. The topological polar surface area (TPSA) is 46.5 Å². The second-order valence-electron chi connectivity index (χ2n) is 5.25. The number of carbonyl (C=O) groups is 1. The fourth-order valence-corrected chi connectivity index (χ4v) is 1.53. The number of aliphatic carboxylic acids is 1. The molecule has 0 aliphatic rings. The molecule has 0 unspecified atom stereocenters. The molecular formula is C16H24O3. The van der Waals surface area contributed by atoms with Crippen LogP contribution < -0.4 is 0 Å². The summed E-state index contributed by atoms with van der Waals surface area (Å²) >= 11 is 0. The Morgan fingerprint density at radius 2 is 1.89 bits per heavy atom. The molecular weight excluding hydrogens is 240 g/mol. The van der Waals surface area contributed by atoms with Crippen molar-refractivity contribution >= 4 is 11.5 Å². The number of hydrogen-bond donors (Lipinski definition) is 1. The van der Waals surface area contributed by atoms with Gasteiger partial charge in [0, 0.05) is 14.2 Å². The number of carboxylic acid groups (broad SMARTS) is 1. The van der Waals surface area contributed by atoms with Crippen LogP contribution in [0.2, 0.25) is 0 Å². The van der Waals surface area contributed by atoms with E-state index in [1.54, 1.807) is 28.1 Å². The lowest BCUT2D eigenvalue weighted by atomic mass is 9.85.